The minimum atomic E-state index is 0.0136. The Labute approximate surface area is 100 Å². The summed E-state index contributed by atoms with van der Waals surface area (Å²) < 4.78 is 0. The van der Waals surface area contributed by atoms with Gasteiger partial charge in [0.2, 0.25) is 0 Å². The molecule has 0 saturated heterocycles. The van der Waals surface area contributed by atoms with Gasteiger partial charge in [0, 0.05) is 11.5 Å². The van der Waals surface area contributed by atoms with E-state index >= 15 is 0 Å². The summed E-state index contributed by atoms with van der Waals surface area (Å²) >= 11 is 0. The number of allylic oxidation sites excluding steroid dienone is 4. The maximum absolute atomic E-state index is 9.22. The molecule has 0 unspecified atom stereocenters. The van der Waals surface area contributed by atoms with E-state index in [-0.39, 0.29) is 5.92 Å². The highest BCUT2D eigenvalue weighted by molar-refractivity contribution is 5.57. The van der Waals surface area contributed by atoms with Gasteiger partial charge in [-0.1, -0.05) is 24.3 Å². The fraction of sp³-hybridized carbons (Fsp3) is 0.214. The Hall–Kier alpha value is -2.39. The molecule has 1 heterocycles. The lowest BCUT2D eigenvalue weighted by Crippen LogP contribution is -2.06. The second kappa shape index (κ2) is 4.23. The number of aryl methyl sites for hydroxylation is 2. The Morgan fingerprint density at radius 2 is 1.47 bits per heavy atom. The molecule has 0 aromatic carbocycles. The average Bonchev–Trinajstić information content (AvgIpc) is 2.81. The van der Waals surface area contributed by atoms with E-state index < -0.39 is 0 Å². The van der Waals surface area contributed by atoms with Gasteiger partial charge in [0.1, 0.15) is 12.1 Å². The van der Waals surface area contributed by atoms with Crippen molar-refractivity contribution in [3.8, 4) is 12.1 Å². The largest absolute Gasteiger partial charge is 0.256 e. The van der Waals surface area contributed by atoms with Crippen molar-refractivity contribution in [1.82, 2.24) is 4.98 Å². The second-order valence-corrected chi connectivity index (χ2v) is 3.97. The van der Waals surface area contributed by atoms with Crippen molar-refractivity contribution in [2.24, 2.45) is 0 Å². The molecule has 0 saturated carbocycles. The molecule has 3 nitrogen and oxygen atoms in total. The zero-order valence-electron chi connectivity index (χ0n) is 9.73. The third-order valence-electron chi connectivity index (χ3n) is 2.90. The minimum Gasteiger partial charge on any atom is -0.256 e. The quantitative estimate of drug-likeness (QED) is 0.732. The summed E-state index contributed by atoms with van der Waals surface area (Å²) in [7, 11) is 0. The number of pyridine rings is 1. The van der Waals surface area contributed by atoms with Gasteiger partial charge in [-0.25, -0.2) is 0 Å². The third-order valence-corrected chi connectivity index (χ3v) is 2.90. The Kier molecular flexibility index (Phi) is 2.77. The standard InChI is InChI=1S/C14H11N3/c1-9-12(7-15)14(11-5-3-4-6-11)13(8-16)10(2)17-9/h3-6,11H,1-2H3. The van der Waals surface area contributed by atoms with E-state index in [4.69, 9.17) is 0 Å². The summed E-state index contributed by atoms with van der Waals surface area (Å²) in [6, 6.07) is 4.32. The van der Waals surface area contributed by atoms with Crippen molar-refractivity contribution in [2.45, 2.75) is 19.8 Å². The molecule has 17 heavy (non-hydrogen) atoms. The Morgan fingerprint density at radius 1 is 1.00 bits per heavy atom. The molecule has 82 valence electrons. The van der Waals surface area contributed by atoms with Gasteiger partial charge in [-0.3, -0.25) is 4.98 Å². The topological polar surface area (TPSA) is 60.5 Å². The van der Waals surface area contributed by atoms with Crippen molar-refractivity contribution in [1.29, 1.82) is 10.5 Å². The third kappa shape index (κ3) is 1.73. The Balaban J connectivity index is 2.78. The molecule has 1 aliphatic carbocycles. The molecule has 1 aliphatic rings. The van der Waals surface area contributed by atoms with E-state index in [1.807, 2.05) is 24.3 Å². The van der Waals surface area contributed by atoms with Gasteiger partial charge in [0.05, 0.1) is 22.5 Å². The molecule has 3 heteroatoms. The molecule has 0 N–H and O–H groups in total. The second-order valence-electron chi connectivity index (χ2n) is 3.97. The lowest BCUT2D eigenvalue weighted by Gasteiger charge is -2.14. The van der Waals surface area contributed by atoms with Crippen molar-refractivity contribution < 1.29 is 0 Å². The van der Waals surface area contributed by atoms with Crippen LogP contribution in [0.25, 0.3) is 0 Å². The van der Waals surface area contributed by atoms with Crippen LogP contribution in [0.15, 0.2) is 24.3 Å². The van der Waals surface area contributed by atoms with E-state index in [9.17, 15) is 10.5 Å². The number of aromatic nitrogens is 1. The minimum absolute atomic E-state index is 0.0136. The molecule has 0 bridgehead atoms. The van der Waals surface area contributed by atoms with Crippen LogP contribution in [-0.4, -0.2) is 4.98 Å². The number of hydrogen-bond donors (Lipinski definition) is 0. The van der Waals surface area contributed by atoms with Crippen molar-refractivity contribution in [2.75, 3.05) is 0 Å². The first-order valence-corrected chi connectivity index (χ1v) is 5.35. The van der Waals surface area contributed by atoms with Gasteiger partial charge < -0.3 is 0 Å². The van der Waals surface area contributed by atoms with Crippen molar-refractivity contribution in [3.63, 3.8) is 0 Å². The summed E-state index contributed by atoms with van der Waals surface area (Å²) in [5, 5.41) is 18.4. The summed E-state index contributed by atoms with van der Waals surface area (Å²) in [5.41, 5.74) is 3.20. The highest BCUT2D eigenvalue weighted by Gasteiger charge is 2.21. The SMILES string of the molecule is Cc1nc(C)c(C#N)c(C2C=CC=C2)c1C#N. The van der Waals surface area contributed by atoms with Gasteiger partial charge in [0.25, 0.3) is 0 Å². The number of hydrogen-bond acceptors (Lipinski definition) is 3. The number of nitrogens with zero attached hydrogens (tertiary/aromatic N) is 3. The van der Waals surface area contributed by atoms with Gasteiger partial charge >= 0.3 is 0 Å². The van der Waals surface area contributed by atoms with E-state index in [0.717, 1.165) is 5.56 Å². The molecule has 1 aromatic heterocycles. The van der Waals surface area contributed by atoms with Crippen LogP contribution in [0.2, 0.25) is 0 Å². The molecule has 1 aromatic rings. The lowest BCUT2D eigenvalue weighted by atomic mass is 9.90. The highest BCUT2D eigenvalue weighted by atomic mass is 14.7. The van der Waals surface area contributed by atoms with Crippen LogP contribution in [0.3, 0.4) is 0 Å². The van der Waals surface area contributed by atoms with Crippen molar-refractivity contribution in [3.05, 3.63) is 52.4 Å². The van der Waals surface area contributed by atoms with Crippen LogP contribution in [0.5, 0.6) is 0 Å². The van der Waals surface area contributed by atoms with Gasteiger partial charge in [-0.05, 0) is 13.8 Å². The highest BCUT2D eigenvalue weighted by Crippen LogP contribution is 2.31. The Morgan fingerprint density at radius 3 is 1.88 bits per heavy atom. The molecule has 0 radical (unpaired) electrons. The molecule has 2 rings (SSSR count). The van der Waals surface area contributed by atoms with E-state index in [1.54, 1.807) is 13.8 Å². The Bertz CT molecular complexity index is 560. The summed E-state index contributed by atoms with van der Waals surface area (Å²) in [6.07, 6.45) is 7.82. The van der Waals surface area contributed by atoms with Crippen LogP contribution in [-0.2, 0) is 0 Å². The molecular formula is C14H11N3. The molecule has 0 aliphatic heterocycles. The van der Waals surface area contributed by atoms with Crippen LogP contribution >= 0.6 is 0 Å². The first-order valence-electron chi connectivity index (χ1n) is 5.35. The zero-order valence-corrected chi connectivity index (χ0v) is 9.73. The normalized spacial score (nSPS) is 13.6. The van der Waals surface area contributed by atoms with Crippen LogP contribution in [0.4, 0.5) is 0 Å². The maximum atomic E-state index is 9.22. The summed E-state index contributed by atoms with van der Waals surface area (Å²) in [4.78, 5) is 4.25. The van der Waals surface area contributed by atoms with E-state index in [0.29, 0.717) is 22.5 Å². The smallest absolute Gasteiger partial charge is 0.101 e. The van der Waals surface area contributed by atoms with Crippen LogP contribution in [0.1, 0.15) is 34.0 Å². The molecule has 0 amide bonds. The van der Waals surface area contributed by atoms with Gasteiger partial charge in [0.15, 0.2) is 0 Å². The van der Waals surface area contributed by atoms with Crippen LogP contribution in [0, 0.1) is 36.5 Å². The molecule has 0 spiro atoms. The number of nitriles is 2. The van der Waals surface area contributed by atoms with Gasteiger partial charge in [-0.2, -0.15) is 10.5 Å². The van der Waals surface area contributed by atoms with Crippen molar-refractivity contribution >= 4 is 0 Å². The predicted octanol–water partition coefficient (Wildman–Crippen LogP) is 2.65. The molecule has 0 atom stereocenters. The molecule has 0 fully saturated rings. The van der Waals surface area contributed by atoms with E-state index in [1.165, 1.54) is 0 Å². The van der Waals surface area contributed by atoms with E-state index in [2.05, 4.69) is 17.1 Å². The first kappa shape index (κ1) is 11.1. The predicted molar refractivity (Wildman–Crippen MR) is 64.2 cm³/mol. The maximum Gasteiger partial charge on any atom is 0.101 e. The summed E-state index contributed by atoms with van der Waals surface area (Å²) in [5.74, 6) is 0.0136. The fourth-order valence-electron chi connectivity index (χ4n) is 2.12. The van der Waals surface area contributed by atoms with Crippen LogP contribution < -0.4 is 0 Å². The fourth-order valence-corrected chi connectivity index (χ4v) is 2.12. The number of rotatable bonds is 1. The lowest BCUT2D eigenvalue weighted by molar-refractivity contribution is 1.00. The molecular weight excluding hydrogens is 210 g/mol. The summed E-state index contributed by atoms with van der Waals surface area (Å²) in [6.45, 7) is 3.61. The zero-order chi connectivity index (χ0) is 12.4. The average molecular weight is 221 g/mol. The van der Waals surface area contributed by atoms with Gasteiger partial charge in [-0.15, -0.1) is 0 Å². The monoisotopic (exact) mass is 221 g/mol. The first-order chi connectivity index (χ1) is 8.19.